The van der Waals surface area contributed by atoms with Gasteiger partial charge in [0, 0.05) is 6.07 Å². The summed E-state index contributed by atoms with van der Waals surface area (Å²) in [7, 11) is 1.64. The van der Waals surface area contributed by atoms with Gasteiger partial charge in [-0.2, -0.15) is 0 Å². The number of hydrogen-bond acceptors (Lipinski definition) is 6. The number of fused-ring (bicyclic) bond motifs is 2. The van der Waals surface area contributed by atoms with Gasteiger partial charge in [-0.05, 0) is 12.1 Å². The molecule has 3 aromatic rings. The molecule has 2 aromatic heterocycles. The Bertz CT molecular complexity index is 732. The summed E-state index contributed by atoms with van der Waals surface area (Å²) in [5, 5.41) is 0. The van der Waals surface area contributed by atoms with E-state index in [1.165, 1.54) is 22.7 Å². The van der Waals surface area contributed by atoms with Crippen molar-refractivity contribution in [3.05, 3.63) is 21.3 Å². The van der Waals surface area contributed by atoms with Gasteiger partial charge in [-0.3, -0.25) is 0 Å². The first kappa shape index (κ1) is 10.1. The lowest BCUT2D eigenvalue weighted by Gasteiger charge is -2.00. The zero-order chi connectivity index (χ0) is 11.1. The van der Waals surface area contributed by atoms with E-state index < -0.39 is 0 Å². The van der Waals surface area contributed by atoms with E-state index in [4.69, 9.17) is 17.0 Å². The Morgan fingerprint density at radius 2 is 1.81 bits per heavy atom. The van der Waals surface area contributed by atoms with Crippen LogP contribution in [0.1, 0.15) is 0 Å². The number of nitrogens with zero attached hydrogens (tertiary/aromatic N) is 2. The van der Waals surface area contributed by atoms with E-state index in [1.807, 2.05) is 18.2 Å². The third kappa shape index (κ3) is 1.59. The third-order valence-electron chi connectivity index (χ3n) is 2.17. The third-order valence-corrected chi connectivity index (χ3v) is 4.59. The van der Waals surface area contributed by atoms with E-state index in [2.05, 4.69) is 9.97 Å². The van der Waals surface area contributed by atoms with Crippen molar-refractivity contribution < 1.29 is 4.74 Å². The van der Waals surface area contributed by atoms with E-state index in [9.17, 15) is 0 Å². The van der Waals surface area contributed by atoms with Crippen LogP contribution in [0.3, 0.4) is 0 Å². The van der Waals surface area contributed by atoms with Crippen molar-refractivity contribution in [2.24, 2.45) is 0 Å². The van der Waals surface area contributed by atoms with Crippen LogP contribution in [0.2, 0.25) is 0 Å². The molecule has 0 radical (unpaired) electrons. The van der Waals surface area contributed by atoms with Crippen LogP contribution >= 0.6 is 34.9 Å². The van der Waals surface area contributed by atoms with Crippen LogP contribution in [0.25, 0.3) is 20.7 Å². The van der Waals surface area contributed by atoms with Gasteiger partial charge < -0.3 is 4.74 Å². The summed E-state index contributed by atoms with van der Waals surface area (Å²) >= 11 is 8.14. The molecule has 0 aliphatic carbocycles. The Hall–Kier alpha value is -1.11. The first-order chi connectivity index (χ1) is 7.76. The van der Waals surface area contributed by atoms with Gasteiger partial charge in [0.05, 0.1) is 18.1 Å². The van der Waals surface area contributed by atoms with E-state index in [-0.39, 0.29) is 0 Å². The van der Waals surface area contributed by atoms with Crippen molar-refractivity contribution in [1.82, 2.24) is 9.97 Å². The van der Waals surface area contributed by atoms with Gasteiger partial charge in [0.1, 0.15) is 8.89 Å². The maximum Gasteiger partial charge on any atom is 0.155 e. The Labute approximate surface area is 104 Å². The van der Waals surface area contributed by atoms with E-state index in [1.54, 1.807) is 7.11 Å². The highest BCUT2D eigenvalue weighted by atomic mass is 32.2. The highest BCUT2D eigenvalue weighted by Gasteiger charge is 2.05. The second-order valence-corrected chi connectivity index (χ2v) is 6.32. The number of ether oxygens (including phenoxy) is 1. The van der Waals surface area contributed by atoms with Crippen molar-refractivity contribution in [3.63, 3.8) is 0 Å². The molecule has 16 heavy (non-hydrogen) atoms. The zero-order valence-corrected chi connectivity index (χ0v) is 10.7. The zero-order valence-electron chi connectivity index (χ0n) is 8.26. The van der Waals surface area contributed by atoms with Gasteiger partial charge >= 0.3 is 0 Å². The molecule has 0 bridgehead atoms. The maximum absolute atomic E-state index is 5.16. The van der Waals surface area contributed by atoms with Gasteiger partial charge in [0.25, 0.3) is 0 Å². The smallest absolute Gasteiger partial charge is 0.155 e. The van der Waals surface area contributed by atoms with Gasteiger partial charge in [-0.15, -0.1) is 0 Å². The van der Waals surface area contributed by atoms with Crippen LogP contribution in [0, 0.1) is 3.14 Å². The maximum atomic E-state index is 5.16. The van der Waals surface area contributed by atoms with Crippen LogP contribution in [-0.4, -0.2) is 17.1 Å². The molecule has 0 atom stereocenters. The van der Waals surface area contributed by atoms with Crippen molar-refractivity contribution in [3.8, 4) is 5.75 Å². The average molecular weight is 266 g/mol. The Kier molecular flexibility index (Phi) is 2.34. The first-order valence-corrected chi connectivity index (χ1v) is 6.56. The second kappa shape index (κ2) is 3.73. The van der Waals surface area contributed by atoms with Crippen LogP contribution in [-0.2, 0) is 0 Å². The number of rotatable bonds is 1. The predicted octanol–water partition coefficient (Wildman–Crippen LogP) is 3.64. The summed E-state index contributed by atoms with van der Waals surface area (Å²) in [5.74, 6) is 0.792. The molecule has 1 aromatic carbocycles. The summed E-state index contributed by atoms with van der Waals surface area (Å²) in [6.45, 7) is 0. The average Bonchev–Trinajstić information content (AvgIpc) is 2.64. The Morgan fingerprint density at radius 3 is 2.50 bits per heavy atom. The Morgan fingerprint density at radius 1 is 1.12 bits per heavy atom. The van der Waals surface area contributed by atoms with Crippen LogP contribution < -0.4 is 4.74 Å². The molecule has 0 fully saturated rings. The lowest BCUT2D eigenvalue weighted by Crippen LogP contribution is -1.86. The van der Waals surface area contributed by atoms with Crippen LogP contribution in [0.15, 0.2) is 18.2 Å². The fourth-order valence-electron chi connectivity index (χ4n) is 1.44. The molecule has 3 rings (SSSR count). The molecule has 80 valence electrons. The normalized spacial score (nSPS) is 11.1. The standard InChI is InChI=1S/C10H6N2OS3/c1-13-5-2-3-6-7(4-5)12-9-8(11-6)15-10(14)16-9/h2-4H,1H3. The SMILES string of the molecule is COc1ccc2nc3sc(=S)sc3nc2c1. The van der Waals surface area contributed by atoms with Crippen molar-refractivity contribution in [2.75, 3.05) is 7.11 Å². The molecule has 0 saturated heterocycles. The minimum Gasteiger partial charge on any atom is -0.497 e. The summed E-state index contributed by atoms with van der Waals surface area (Å²) in [6.07, 6.45) is 0. The summed E-state index contributed by atoms with van der Waals surface area (Å²) in [5.41, 5.74) is 1.72. The molecule has 0 spiro atoms. The first-order valence-electron chi connectivity index (χ1n) is 4.52. The second-order valence-electron chi connectivity index (χ2n) is 3.14. The van der Waals surface area contributed by atoms with Crippen molar-refractivity contribution in [2.45, 2.75) is 0 Å². The predicted molar refractivity (Wildman–Crippen MR) is 70.2 cm³/mol. The minimum atomic E-state index is 0.792. The van der Waals surface area contributed by atoms with Crippen molar-refractivity contribution >= 4 is 55.6 Å². The molecule has 2 heterocycles. The molecule has 0 aliphatic heterocycles. The van der Waals surface area contributed by atoms with Crippen LogP contribution in [0.5, 0.6) is 5.75 Å². The fraction of sp³-hybridized carbons (Fsp3) is 0.100. The minimum absolute atomic E-state index is 0.792. The lowest BCUT2D eigenvalue weighted by molar-refractivity contribution is 0.415. The summed E-state index contributed by atoms with van der Waals surface area (Å²) in [4.78, 5) is 10.9. The molecule has 0 saturated carbocycles. The summed E-state index contributed by atoms with van der Waals surface area (Å²) < 4.78 is 6.02. The van der Waals surface area contributed by atoms with Gasteiger partial charge in [-0.25, -0.2) is 9.97 Å². The molecule has 0 aliphatic rings. The largest absolute Gasteiger partial charge is 0.497 e. The number of aromatic nitrogens is 2. The molecular weight excluding hydrogens is 260 g/mol. The van der Waals surface area contributed by atoms with E-state index >= 15 is 0 Å². The van der Waals surface area contributed by atoms with Gasteiger partial charge in [0.15, 0.2) is 9.66 Å². The van der Waals surface area contributed by atoms with Crippen LogP contribution in [0.4, 0.5) is 0 Å². The number of hydrogen-bond donors (Lipinski definition) is 0. The molecule has 0 amide bonds. The van der Waals surface area contributed by atoms with Gasteiger partial charge in [0.2, 0.25) is 0 Å². The van der Waals surface area contributed by atoms with E-state index in [0.717, 1.165) is 29.6 Å². The molecule has 3 nitrogen and oxygen atoms in total. The van der Waals surface area contributed by atoms with Crippen molar-refractivity contribution in [1.29, 1.82) is 0 Å². The highest BCUT2D eigenvalue weighted by molar-refractivity contribution is 7.77. The summed E-state index contributed by atoms with van der Waals surface area (Å²) in [6, 6.07) is 5.68. The quantitative estimate of drug-likeness (QED) is 0.630. The molecule has 0 unspecified atom stereocenters. The van der Waals surface area contributed by atoms with E-state index in [0.29, 0.717) is 0 Å². The molecule has 0 N–H and O–H groups in total. The monoisotopic (exact) mass is 266 g/mol. The lowest BCUT2D eigenvalue weighted by atomic mass is 10.3. The topological polar surface area (TPSA) is 35.0 Å². The fourth-order valence-corrected chi connectivity index (χ4v) is 3.67. The Balaban J connectivity index is 2.41. The molecule has 6 heteroatoms. The highest BCUT2D eigenvalue weighted by Crippen LogP contribution is 2.27. The van der Waals surface area contributed by atoms with Gasteiger partial charge in [-0.1, -0.05) is 34.9 Å². The number of benzene rings is 1. The molecular formula is C10H6N2OS3. The number of methoxy groups -OCH3 is 1.